The van der Waals surface area contributed by atoms with E-state index < -0.39 is 10.0 Å². The van der Waals surface area contributed by atoms with E-state index in [-0.39, 0.29) is 10.8 Å². The van der Waals surface area contributed by atoms with Gasteiger partial charge in [-0.15, -0.1) is 0 Å². The number of hydrogen-bond acceptors (Lipinski definition) is 4. The number of nitrogens with one attached hydrogen (secondary N) is 2. The summed E-state index contributed by atoms with van der Waals surface area (Å²) in [5.74, 6) is 0.253. The van der Waals surface area contributed by atoms with Gasteiger partial charge in [-0.1, -0.05) is 17.7 Å². The van der Waals surface area contributed by atoms with Crippen molar-refractivity contribution >= 4 is 43.2 Å². The smallest absolute Gasteiger partial charge is 0.261 e. The first-order chi connectivity index (χ1) is 13.8. The molecule has 29 heavy (non-hydrogen) atoms. The molecule has 0 aliphatic rings. The van der Waals surface area contributed by atoms with Crippen molar-refractivity contribution in [3.05, 3.63) is 82.3 Å². The normalized spacial score (nSPS) is 11.0. The van der Waals surface area contributed by atoms with Gasteiger partial charge in [-0.2, -0.15) is 0 Å². The first-order valence-corrected chi connectivity index (χ1v) is 10.9. The number of amides is 1. The molecule has 0 aliphatic carbocycles. The highest BCUT2D eigenvalue weighted by Crippen LogP contribution is 2.24. The number of carbonyl (C=O) groups is 1. The summed E-state index contributed by atoms with van der Waals surface area (Å²) >= 11 is 3.35. The van der Waals surface area contributed by atoms with Gasteiger partial charge in [0.25, 0.3) is 15.9 Å². The number of sulfonamides is 1. The van der Waals surface area contributed by atoms with Crippen molar-refractivity contribution < 1.29 is 17.9 Å². The van der Waals surface area contributed by atoms with Crippen LogP contribution >= 0.6 is 15.9 Å². The van der Waals surface area contributed by atoms with Crippen LogP contribution in [-0.2, 0) is 10.0 Å². The molecule has 6 nitrogen and oxygen atoms in total. The number of anilines is 2. The first-order valence-electron chi connectivity index (χ1n) is 8.63. The number of carbonyl (C=O) groups excluding carboxylic acids is 1. The predicted octanol–water partition coefficient (Wildman–Crippen LogP) is 4.82. The third kappa shape index (κ3) is 5.16. The Labute approximate surface area is 178 Å². The minimum atomic E-state index is -3.68. The maximum Gasteiger partial charge on any atom is 0.261 e. The van der Waals surface area contributed by atoms with Crippen molar-refractivity contribution in [2.75, 3.05) is 17.1 Å². The zero-order valence-electron chi connectivity index (χ0n) is 15.8. The fourth-order valence-corrected chi connectivity index (χ4v) is 4.04. The van der Waals surface area contributed by atoms with Crippen molar-refractivity contribution in [3.63, 3.8) is 0 Å². The molecule has 0 aliphatic heterocycles. The van der Waals surface area contributed by atoms with Crippen molar-refractivity contribution in [1.29, 1.82) is 0 Å². The average Bonchev–Trinajstić information content (AvgIpc) is 2.70. The summed E-state index contributed by atoms with van der Waals surface area (Å²) in [6, 6.07) is 18.1. The van der Waals surface area contributed by atoms with Crippen LogP contribution in [0.25, 0.3) is 0 Å². The van der Waals surface area contributed by atoms with Gasteiger partial charge in [0.1, 0.15) is 5.75 Å². The molecule has 0 fully saturated rings. The maximum absolute atomic E-state index is 12.5. The highest BCUT2D eigenvalue weighted by molar-refractivity contribution is 9.10. The second kappa shape index (κ2) is 8.67. The number of ether oxygens (including phenoxy) is 1. The minimum Gasteiger partial charge on any atom is -0.497 e. The van der Waals surface area contributed by atoms with Gasteiger partial charge >= 0.3 is 0 Å². The van der Waals surface area contributed by atoms with E-state index in [1.165, 1.54) is 7.11 Å². The van der Waals surface area contributed by atoms with Crippen LogP contribution in [0, 0.1) is 6.92 Å². The summed E-state index contributed by atoms with van der Waals surface area (Å²) < 4.78 is 33.2. The highest BCUT2D eigenvalue weighted by atomic mass is 79.9. The molecule has 0 spiro atoms. The topological polar surface area (TPSA) is 84.5 Å². The number of methoxy groups -OCH3 is 1. The lowest BCUT2D eigenvalue weighted by Gasteiger charge is -2.11. The fraction of sp³-hybridized carbons (Fsp3) is 0.0952. The Hall–Kier alpha value is -2.84. The molecular formula is C21H19BrN2O4S. The molecule has 0 radical (unpaired) electrons. The Morgan fingerprint density at radius 1 is 0.931 bits per heavy atom. The largest absolute Gasteiger partial charge is 0.497 e. The molecule has 8 heteroatoms. The number of benzene rings is 3. The van der Waals surface area contributed by atoms with Crippen LogP contribution in [0.5, 0.6) is 5.75 Å². The second-order valence-corrected chi connectivity index (χ2v) is 8.83. The Morgan fingerprint density at radius 3 is 2.17 bits per heavy atom. The molecule has 3 rings (SSSR count). The molecule has 0 unspecified atom stereocenters. The van der Waals surface area contributed by atoms with Gasteiger partial charge in [-0.3, -0.25) is 9.52 Å². The molecule has 3 aromatic carbocycles. The van der Waals surface area contributed by atoms with Crippen molar-refractivity contribution in [2.24, 2.45) is 0 Å². The van der Waals surface area contributed by atoms with Gasteiger partial charge in [0.05, 0.1) is 17.6 Å². The van der Waals surface area contributed by atoms with Crippen LogP contribution in [0.4, 0.5) is 11.4 Å². The summed E-state index contributed by atoms with van der Waals surface area (Å²) in [6.07, 6.45) is 0. The summed E-state index contributed by atoms with van der Waals surface area (Å²) in [5, 5.41) is 2.78. The van der Waals surface area contributed by atoms with Crippen molar-refractivity contribution in [1.82, 2.24) is 0 Å². The number of halogens is 1. The molecular weight excluding hydrogens is 456 g/mol. The molecule has 0 atom stereocenters. The van der Waals surface area contributed by atoms with Gasteiger partial charge in [-0.25, -0.2) is 8.42 Å². The maximum atomic E-state index is 12.5. The number of rotatable bonds is 6. The summed E-state index contributed by atoms with van der Waals surface area (Å²) in [6.45, 7) is 1.89. The van der Waals surface area contributed by atoms with E-state index >= 15 is 0 Å². The molecule has 3 aromatic rings. The Morgan fingerprint density at radius 2 is 1.55 bits per heavy atom. The zero-order chi connectivity index (χ0) is 21.0. The molecule has 0 saturated heterocycles. The van der Waals surface area contributed by atoms with Crippen LogP contribution in [0.1, 0.15) is 15.9 Å². The third-order valence-corrected chi connectivity index (χ3v) is 6.23. The lowest BCUT2D eigenvalue weighted by molar-refractivity contribution is 0.102. The van der Waals surface area contributed by atoms with E-state index in [4.69, 9.17) is 4.74 Å². The van der Waals surface area contributed by atoms with E-state index in [1.807, 2.05) is 6.92 Å². The van der Waals surface area contributed by atoms with Crippen molar-refractivity contribution in [3.8, 4) is 5.75 Å². The Bertz CT molecular complexity index is 1130. The molecule has 1 amide bonds. The summed E-state index contributed by atoms with van der Waals surface area (Å²) in [5.41, 5.74) is 2.33. The van der Waals surface area contributed by atoms with Crippen LogP contribution in [0.2, 0.25) is 0 Å². The quantitative estimate of drug-likeness (QED) is 0.536. The third-order valence-electron chi connectivity index (χ3n) is 4.14. The predicted molar refractivity (Wildman–Crippen MR) is 117 cm³/mol. The van der Waals surface area contributed by atoms with Gasteiger partial charge in [0.2, 0.25) is 0 Å². The zero-order valence-corrected chi connectivity index (χ0v) is 18.2. The Kier molecular flexibility index (Phi) is 6.24. The Balaban J connectivity index is 1.72. The van der Waals surface area contributed by atoms with E-state index in [0.717, 1.165) is 5.56 Å². The van der Waals surface area contributed by atoms with Crippen LogP contribution < -0.4 is 14.8 Å². The van der Waals surface area contributed by atoms with Gasteiger partial charge in [0, 0.05) is 15.8 Å². The summed E-state index contributed by atoms with van der Waals surface area (Å²) in [4.78, 5) is 12.7. The van der Waals surface area contributed by atoms with Crippen LogP contribution in [-0.4, -0.2) is 21.4 Å². The van der Waals surface area contributed by atoms with Crippen molar-refractivity contribution in [2.45, 2.75) is 11.8 Å². The molecule has 0 aromatic heterocycles. The first kappa shape index (κ1) is 20.9. The summed E-state index contributed by atoms with van der Waals surface area (Å²) in [7, 11) is -2.15. The molecule has 0 bridgehead atoms. The van der Waals surface area contributed by atoms with Gasteiger partial charge in [0.15, 0.2) is 0 Å². The fourth-order valence-electron chi connectivity index (χ4n) is 2.56. The van der Waals surface area contributed by atoms with E-state index in [0.29, 0.717) is 27.2 Å². The van der Waals surface area contributed by atoms with E-state index in [2.05, 4.69) is 26.0 Å². The lowest BCUT2D eigenvalue weighted by Crippen LogP contribution is -2.14. The standard InChI is InChI=1S/C21H19BrN2O4S/c1-14-3-10-18(11-4-14)29(26,27)24-16-7-5-15(6-8-16)23-21(25)19-13-17(28-2)9-12-20(19)22/h3-13,24H,1-2H3,(H,23,25). The molecule has 150 valence electrons. The van der Waals surface area contributed by atoms with Crippen LogP contribution in [0.15, 0.2) is 76.1 Å². The van der Waals surface area contributed by atoms with Gasteiger partial charge < -0.3 is 10.1 Å². The van der Waals surface area contributed by atoms with Crippen LogP contribution in [0.3, 0.4) is 0 Å². The number of hydrogen-bond donors (Lipinski definition) is 2. The lowest BCUT2D eigenvalue weighted by atomic mass is 10.2. The average molecular weight is 475 g/mol. The highest BCUT2D eigenvalue weighted by Gasteiger charge is 2.15. The SMILES string of the molecule is COc1ccc(Br)c(C(=O)Nc2ccc(NS(=O)(=O)c3ccc(C)cc3)cc2)c1. The van der Waals surface area contributed by atoms with E-state index in [1.54, 1.807) is 66.7 Å². The number of aryl methyl sites for hydroxylation is 1. The van der Waals surface area contributed by atoms with E-state index in [9.17, 15) is 13.2 Å². The molecule has 0 saturated carbocycles. The molecule has 2 N–H and O–H groups in total. The monoisotopic (exact) mass is 474 g/mol. The van der Waals surface area contributed by atoms with Gasteiger partial charge in [-0.05, 0) is 77.5 Å². The molecule has 0 heterocycles. The second-order valence-electron chi connectivity index (χ2n) is 6.30. The minimum absolute atomic E-state index is 0.184.